The van der Waals surface area contributed by atoms with Crippen LogP contribution in [0.2, 0.25) is 0 Å². The Labute approximate surface area is 276 Å². The molecule has 5 nitrogen and oxygen atoms in total. The van der Waals surface area contributed by atoms with Crippen LogP contribution in [0.5, 0.6) is 0 Å². The smallest absolute Gasteiger partial charge is 0.131 e. The summed E-state index contributed by atoms with van der Waals surface area (Å²) in [4.78, 5) is 12.5. The Kier molecular flexibility index (Phi) is 6.49. The molecule has 4 aromatic carbocycles. The molecule has 1 aliphatic rings. The lowest BCUT2D eigenvalue weighted by Gasteiger charge is -2.22. The van der Waals surface area contributed by atoms with E-state index in [2.05, 4.69) is 124 Å². The Morgan fingerprint density at radius 3 is 2.21 bits per heavy atom. The SMILES string of the molecule is CC(C)(C)c1ccc2[nH]c3c(C(=N)c4ccccc4Nc4ccc5c(n4)-c4[nH]c6ccccc6c4CC5)cc(C(C)(C)C)cc3c2c1. The van der Waals surface area contributed by atoms with Crippen LogP contribution < -0.4 is 5.32 Å². The summed E-state index contributed by atoms with van der Waals surface area (Å²) in [7, 11) is 0. The van der Waals surface area contributed by atoms with Gasteiger partial charge < -0.3 is 15.3 Å². The molecule has 0 bridgehead atoms. The van der Waals surface area contributed by atoms with Gasteiger partial charge in [-0.25, -0.2) is 4.98 Å². The van der Waals surface area contributed by atoms with Gasteiger partial charge in [0, 0.05) is 44.0 Å². The predicted molar refractivity (Wildman–Crippen MR) is 198 cm³/mol. The summed E-state index contributed by atoms with van der Waals surface area (Å²) in [5.41, 5.74) is 13.5. The summed E-state index contributed by atoms with van der Waals surface area (Å²) in [5.74, 6) is 0.768. The first kappa shape index (κ1) is 29.3. The van der Waals surface area contributed by atoms with Crippen molar-refractivity contribution in [3.05, 3.63) is 124 Å². The zero-order chi connectivity index (χ0) is 32.7. The van der Waals surface area contributed by atoms with E-state index in [4.69, 9.17) is 4.98 Å². The van der Waals surface area contributed by atoms with Crippen molar-refractivity contribution < 1.29 is 0 Å². The zero-order valence-corrected chi connectivity index (χ0v) is 28.0. The molecule has 1 aliphatic carbocycles. The van der Waals surface area contributed by atoms with E-state index in [9.17, 15) is 5.41 Å². The van der Waals surface area contributed by atoms with Gasteiger partial charge in [-0.3, -0.25) is 5.41 Å². The van der Waals surface area contributed by atoms with Crippen molar-refractivity contribution >= 4 is 49.9 Å². The van der Waals surface area contributed by atoms with Gasteiger partial charge in [-0.05, 0) is 88.4 Å². The van der Waals surface area contributed by atoms with E-state index in [0.29, 0.717) is 5.71 Å². The number of H-pyrrole nitrogens is 2. The number of anilines is 2. The summed E-state index contributed by atoms with van der Waals surface area (Å²) in [6, 6.07) is 32.1. The number of para-hydroxylation sites is 2. The van der Waals surface area contributed by atoms with E-state index in [0.717, 1.165) is 68.8 Å². The number of benzene rings is 4. The third kappa shape index (κ3) is 4.93. The Morgan fingerprint density at radius 1 is 0.681 bits per heavy atom. The van der Waals surface area contributed by atoms with Crippen LogP contribution in [-0.2, 0) is 23.7 Å². The van der Waals surface area contributed by atoms with E-state index >= 15 is 0 Å². The lowest BCUT2D eigenvalue weighted by atomic mass is 9.83. The Balaban J connectivity index is 1.22. The first-order valence-electron chi connectivity index (χ1n) is 16.6. The van der Waals surface area contributed by atoms with Crippen LogP contribution in [0, 0.1) is 5.41 Å². The molecular formula is C42H41N5. The highest BCUT2D eigenvalue weighted by atomic mass is 15.0. The number of aromatic amines is 2. The van der Waals surface area contributed by atoms with Gasteiger partial charge in [0.1, 0.15) is 5.82 Å². The zero-order valence-electron chi connectivity index (χ0n) is 28.0. The fourth-order valence-electron chi connectivity index (χ4n) is 7.09. The topological polar surface area (TPSA) is 80.3 Å². The monoisotopic (exact) mass is 615 g/mol. The molecule has 5 heteroatoms. The minimum Gasteiger partial charge on any atom is -0.354 e. The lowest BCUT2D eigenvalue weighted by Crippen LogP contribution is -2.14. The molecule has 0 unspecified atom stereocenters. The van der Waals surface area contributed by atoms with Crippen LogP contribution in [0.15, 0.2) is 91.0 Å². The highest BCUT2D eigenvalue weighted by Gasteiger charge is 2.25. The van der Waals surface area contributed by atoms with Crippen molar-refractivity contribution in [2.75, 3.05) is 5.32 Å². The van der Waals surface area contributed by atoms with E-state index in [-0.39, 0.29) is 10.8 Å². The first-order chi connectivity index (χ1) is 22.5. The van der Waals surface area contributed by atoms with Crippen molar-refractivity contribution in [2.24, 2.45) is 0 Å². The minimum absolute atomic E-state index is 0.0419. The third-order valence-corrected chi connectivity index (χ3v) is 9.84. The second kappa shape index (κ2) is 10.4. The molecule has 0 amide bonds. The minimum atomic E-state index is -0.0826. The van der Waals surface area contributed by atoms with Crippen LogP contribution in [0.1, 0.15) is 74.9 Å². The molecule has 0 saturated carbocycles. The quantitative estimate of drug-likeness (QED) is 0.149. The van der Waals surface area contributed by atoms with Crippen LogP contribution in [-0.4, -0.2) is 20.7 Å². The largest absolute Gasteiger partial charge is 0.354 e. The van der Waals surface area contributed by atoms with E-state index < -0.39 is 0 Å². The fourth-order valence-corrected chi connectivity index (χ4v) is 7.09. The van der Waals surface area contributed by atoms with Crippen LogP contribution in [0.25, 0.3) is 44.1 Å². The average Bonchev–Trinajstić information content (AvgIpc) is 3.62. The standard InChI is InChI=1S/C42H41N5/c1-41(2,3)25-17-19-35-30(21-25)31-22-26(42(4,5)6)23-32(39(31)45-35)37(43)29-12-8-10-14-34(29)44-36-20-16-24-15-18-28-27-11-7-9-13-33(27)46-40(28)38(24)47-36/h7-14,16-17,19-23,43,45-46H,15,18H2,1-6H3,(H,44,47). The number of rotatable bonds is 4. The Bertz CT molecular complexity index is 2370. The van der Waals surface area contributed by atoms with E-state index in [1.165, 1.54) is 33.0 Å². The molecule has 4 N–H and O–H groups in total. The number of aryl methyl sites for hydroxylation is 2. The molecule has 234 valence electrons. The number of hydrogen-bond acceptors (Lipinski definition) is 3. The summed E-state index contributed by atoms with van der Waals surface area (Å²) in [5, 5.41) is 16.9. The molecule has 0 radical (unpaired) electrons. The summed E-state index contributed by atoms with van der Waals surface area (Å²) in [6.45, 7) is 13.5. The van der Waals surface area contributed by atoms with Crippen LogP contribution in [0.3, 0.4) is 0 Å². The summed E-state index contributed by atoms with van der Waals surface area (Å²) >= 11 is 0. The molecular weight excluding hydrogens is 574 g/mol. The van der Waals surface area contributed by atoms with Gasteiger partial charge >= 0.3 is 0 Å². The van der Waals surface area contributed by atoms with Crippen molar-refractivity contribution in [1.29, 1.82) is 5.41 Å². The van der Waals surface area contributed by atoms with Crippen LogP contribution in [0.4, 0.5) is 11.5 Å². The fraction of sp³-hybridized carbons (Fsp3) is 0.238. The van der Waals surface area contributed by atoms with Gasteiger partial charge in [-0.2, -0.15) is 0 Å². The van der Waals surface area contributed by atoms with Gasteiger partial charge in [-0.15, -0.1) is 0 Å². The molecule has 7 aromatic rings. The van der Waals surface area contributed by atoms with Crippen molar-refractivity contribution in [3.63, 3.8) is 0 Å². The predicted octanol–water partition coefficient (Wildman–Crippen LogP) is 10.7. The third-order valence-electron chi connectivity index (χ3n) is 9.84. The second-order valence-corrected chi connectivity index (χ2v) is 15.1. The van der Waals surface area contributed by atoms with Crippen molar-refractivity contribution in [1.82, 2.24) is 15.0 Å². The van der Waals surface area contributed by atoms with Crippen molar-refractivity contribution in [2.45, 2.75) is 65.2 Å². The molecule has 0 atom stereocenters. The Hall–Kier alpha value is -5.16. The molecule has 47 heavy (non-hydrogen) atoms. The highest BCUT2D eigenvalue weighted by Crippen LogP contribution is 2.39. The molecule has 3 heterocycles. The summed E-state index contributed by atoms with van der Waals surface area (Å²) < 4.78 is 0. The maximum atomic E-state index is 9.70. The number of nitrogens with one attached hydrogen (secondary N) is 4. The highest BCUT2D eigenvalue weighted by molar-refractivity contribution is 6.23. The number of aromatic nitrogens is 3. The van der Waals surface area contributed by atoms with Crippen molar-refractivity contribution in [3.8, 4) is 11.4 Å². The average molecular weight is 616 g/mol. The molecule has 3 aromatic heterocycles. The molecule has 0 fully saturated rings. The number of nitrogens with zero attached hydrogens (tertiary/aromatic N) is 1. The Morgan fingerprint density at radius 2 is 1.40 bits per heavy atom. The number of pyridine rings is 1. The second-order valence-electron chi connectivity index (χ2n) is 15.1. The van der Waals surface area contributed by atoms with Gasteiger partial charge in [-0.1, -0.05) is 90.1 Å². The van der Waals surface area contributed by atoms with Gasteiger partial charge in [0.25, 0.3) is 0 Å². The number of hydrogen-bond donors (Lipinski definition) is 4. The molecule has 0 spiro atoms. The van der Waals surface area contributed by atoms with Gasteiger partial charge in [0.2, 0.25) is 0 Å². The van der Waals surface area contributed by atoms with Gasteiger partial charge in [0.15, 0.2) is 0 Å². The maximum absolute atomic E-state index is 9.70. The van der Waals surface area contributed by atoms with Crippen LogP contribution >= 0.6 is 0 Å². The molecule has 0 aliphatic heterocycles. The lowest BCUT2D eigenvalue weighted by molar-refractivity contribution is 0.590. The normalized spacial score (nSPS) is 13.2. The van der Waals surface area contributed by atoms with E-state index in [1.807, 2.05) is 24.3 Å². The van der Waals surface area contributed by atoms with Gasteiger partial charge in [0.05, 0.1) is 22.6 Å². The van der Waals surface area contributed by atoms with E-state index in [1.54, 1.807) is 0 Å². The molecule has 0 saturated heterocycles. The number of fused-ring (bicyclic) bond motifs is 8. The maximum Gasteiger partial charge on any atom is 0.131 e. The molecule has 8 rings (SSSR count). The summed E-state index contributed by atoms with van der Waals surface area (Å²) in [6.07, 6.45) is 1.98. The first-order valence-corrected chi connectivity index (χ1v) is 16.6.